The van der Waals surface area contributed by atoms with Gasteiger partial charge in [-0.3, -0.25) is 14.4 Å². The minimum absolute atomic E-state index is 0.00424. The molecule has 1 heterocycles. The monoisotopic (exact) mass is 469 g/mol. The van der Waals surface area contributed by atoms with Crippen LogP contribution in [-0.4, -0.2) is 18.3 Å². The van der Waals surface area contributed by atoms with Crippen molar-refractivity contribution < 1.29 is 18.7 Å². The maximum absolute atomic E-state index is 13.3. The third-order valence-electron chi connectivity index (χ3n) is 5.64. The molecular formula is C29H27NO5. The first-order valence-electron chi connectivity index (χ1n) is 11.3. The van der Waals surface area contributed by atoms with E-state index in [0.717, 1.165) is 5.56 Å². The molecule has 178 valence electrons. The van der Waals surface area contributed by atoms with Gasteiger partial charge in [-0.2, -0.15) is 0 Å². The average Bonchev–Trinajstić information content (AvgIpc) is 2.83. The van der Waals surface area contributed by atoms with E-state index in [9.17, 15) is 14.4 Å². The lowest BCUT2D eigenvalue weighted by molar-refractivity contribution is -0.114. The number of carbonyl (C=O) groups is 2. The lowest BCUT2D eigenvalue weighted by atomic mass is 9.86. The number of hydrogen-bond donors (Lipinski definition) is 1. The summed E-state index contributed by atoms with van der Waals surface area (Å²) in [5, 5.41) is 3.04. The van der Waals surface area contributed by atoms with Gasteiger partial charge in [0.25, 0.3) is 0 Å². The van der Waals surface area contributed by atoms with Gasteiger partial charge in [-0.1, -0.05) is 57.2 Å². The molecule has 1 amide bonds. The summed E-state index contributed by atoms with van der Waals surface area (Å²) in [5.74, 6) is -0.224. The summed E-state index contributed by atoms with van der Waals surface area (Å²) in [4.78, 5) is 37.3. The number of ether oxygens (including phenoxy) is 1. The zero-order valence-electron chi connectivity index (χ0n) is 20.2. The van der Waals surface area contributed by atoms with Crippen LogP contribution in [0.25, 0.3) is 22.3 Å². The lowest BCUT2D eigenvalue weighted by Crippen LogP contribution is -2.17. The molecule has 1 aromatic heterocycles. The molecule has 0 unspecified atom stereocenters. The molecule has 0 aliphatic rings. The van der Waals surface area contributed by atoms with Crippen molar-refractivity contribution in [3.8, 4) is 17.1 Å². The van der Waals surface area contributed by atoms with E-state index >= 15 is 0 Å². The molecule has 6 nitrogen and oxygen atoms in total. The first kappa shape index (κ1) is 24.0. The fourth-order valence-corrected chi connectivity index (χ4v) is 3.73. The predicted octanol–water partition coefficient (Wildman–Crippen LogP) is 5.98. The molecule has 3 aromatic carbocycles. The highest BCUT2D eigenvalue weighted by Crippen LogP contribution is 2.33. The highest BCUT2D eigenvalue weighted by Gasteiger charge is 2.20. The van der Waals surface area contributed by atoms with Gasteiger partial charge in [0, 0.05) is 23.7 Å². The fourth-order valence-electron chi connectivity index (χ4n) is 3.73. The molecule has 0 spiro atoms. The Bertz CT molecular complexity index is 1440. The molecule has 0 atom stereocenters. The number of nitrogens with one attached hydrogen (secondary N) is 1. The Morgan fingerprint density at radius 3 is 2.20 bits per heavy atom. The van der Waals surface area contributed by atoms with Crippen LogP contribution in [0.1, 0.15) is 43.6 Å². The molecule has 1 N–H and O–H groups in total. The SMILES string of the molecule is CC(=O)Nc1ccc(C(=O)COc2c(-c3ccc(C(C)(C)C)cc3)oc3ccccc3c2=O)cc1. The topological polar surface area (TPSA) is 85.6 Å². The van der Waals surface area contributed by atoms with Crippen molar-refractivity contribution >= 4 is 28.3 Å². The van der Waals surface area contributed by atoms with Gasteiger partial charge in [-0.25, -0.2) is 0 Å². The second-order valence-electron chi connectivity index (χ2n) is 9.38. The summed E-state index contributed by atoms with van der Waals surface area (Å²) in [6.45, 7) is 7.45. The van der Waals surface area contributed by atoms with Crippen molar-refractivity contribution in [3.63, 3.8) is 0 Å². The van der Waals surface area contributed by atoms with Crippen molar-refractivity contribution in [2.75, 3.05) is 11.9 Å². The Labute approximate surface area is 203 Å². The molecule has 0 radical (unpaired) electrons. The first-order chi connectivity index (χ1) is 16.6. The van der Waals surface area contributed by atoms with E-state index in [1.165, 1.54) is 6.92 Å². The molecule has 0 aliphatic carbocycles. The van der Waals surface area contributed by atoms with Gasteiger partial charge in [0.2, 0.25) is 17.1 Å². The summed E-state index contributed by atoms with van der Waals surface area (Å²) < 4.78 is 11.9. The third-order valence-corrected chi connectivity index (χ3v) is 5.64. The van der Waals surface area contributed by atoms with Gasteiger partial charge < -0.3 is 14.5 Å². The number of ketones is 1. The van der Waals surface area contributed by atoms with Crippen molar-refractivity contribution in [3.05, 3.63) is 94.1 Å². The van der Waals surface area contributed by atoms with Crippen LogP contribution in [0.4, 0.5) is 5.69 Å². The predicted molar refractivity (Wildman–Crippen MR) is 137 cm³/mol. The van der Waals surface area contributed by atoms with E-state index in [2.05, 4.69) is 26.1 Å². The van der Waals surface area contributed by atoms with Crippen LogP contribution in [0.15, 0.2) is 82.0 Å². The van der Waals surface area contributed by atoms with E-state index < -0.39 is 0 Å². The Balaban J connectivity index is 1.67. The maximum atomic E-state index is 13.3. The van der Waals surface area contributed by atoms with Gasteiger partial charge in [0.05, 0.1) is 5.39 Å². The van der Waals surface area contributed by atoms with Crippen LogP contribution in [-0.2, 0) is 10.2 Å². The van der Waals surface area contributed by atoms with Crippen molar-refractivity contribution in [2.24, 2.45) is 0 Å². The Kier molecular flexibility index (Phi) is 6.56. The third kappa shape index (κ3) is 5.32. The van der Waals surface area contributed by atoms with E-state index in [1.54, 1.807) is 48.5 Å². The van der Waals surface area contributed by atoms with Crippen LogP contribution in [0, 0.1) is 0 Å². The summed E-state index contributed by atoms with van der Waals surface area (Å²) in [6, 6.07) is 21.2. The molecule has 0 saturated carbocycles. The molecule has 4 rings (SSSR count). The van der Waals surface area contributed by atoms with E-state index in [0.29, 0.717) is 27.8 Å². The number of rotatable bonds is 6. The Morgan fingerprint density at radius 2 is 1.57 bits per heavy atom. The second-order valence-corrected chi connectivity index (χ2v) is 9.38. The van der Waals surface area contributed by atoms with Gasteiger partial charge in [-0.05, 0) is 47.4 Å². The number of hydrogen-bond acceptors (Lipinski definition) is 5. The first-order valence-corrected chi connectivity index (χ1v) is 11.3. The summed E-state index contributed by atoms with van der Waals surface area (Å²) in [6.07, 6.45) is 0. The highest BCUT2D eigenvalue weighted by molar-refractivity contribution is 5.98. The minimum Gasteiger partial charge on any atom is -0.478 e. The summed E-state index contributed by atoms with van der Waals surface area (Å²) in [5.41, 5.74) is 2.90. The Morgan fingerprint density at radius 1 is 0.914 bits per heavy atom. The largest absolute Gasteiger partial charge is 0.478 e. The lowest BCUT2D eigenvalue weighted by Gasteiger charge is -2.19. The number of carbonyl (C=O) groups excluding carboxylic acids is 2. The molecule has 0 aliphatic heterocycles. The van der Waals surface area contributed by atoms with Gasteiger partial charge in [0.1, 0.15) is 5.58 Å². The van der Waals surface area contributed by atoms with Gasteiger partial charge in [0.15, 0.2) is 18.2 Å². The molecule has 0 bridgehead atoms. The standard InChI is InChI=1S/C29H27NO5/c1-18(31)30-22-15-11-19(12-16-22)24(32)17-34-28-26(33)23-7-5-6-8-25(23)35-27(28)20-9-13-21(14-10-20)29(2,3)4/h5-16H,17H2,1-4H3,(H,30,31). The van der Waals surface area contributed by atoms with Crippen molar-refractivity contribution in [1.82, 2.24) is 0 Å². The van der Waals surface area contributed by atoms with E-state index in [4.69, 9.17) is 9.15 Å². The normalized spacial score (nSPS) is 11.3. The second kappa shape index (κ2) is 9.58. The fraction of sp³-hybridized carbons (Fsp3) is 0.207. The van der Waals surface area contributed by atoms with E-state index in [-0.39, 0.29) is 40.7 Å². The van der Waals surface area contributed by atoms with Crippen LogP contribution < -0.4 is 15.5 Å². The van der Waals surface area contributed by atoms with Gasteiger partial charge >= 0.3 is 0 Å². The number of amides is 1. The quantitative estimate of drug-likeness (QED) is 0.351. The van der Waals surface area contributed by atoms with Crippen LogP contribution in [0.2, 0.25) is 0 Å². The minimum atomic E-state index is -0.338. The zero-order chi connectivity index (χ0) is 25.2. The molecule has 35 heavy (non-hydrogen) atoms. The number of fused-ring (bicyclic) bond motifs is 1. The number of para-hydroxylation sites is 1. The molecular weight excluding hydrogens is 442 g/mol. The number of benzene rings is 3. The molecule has 4 aromatic rings. The van der Waals surface area contributed by atoms with Crippen molar-refractivity contribution in [2.45, 2.75) is 33.1 Å². The number of anilines is 1. The Hall–Kier alpha value is -4.19. The summed E-state index contributed by atoms with van der Waals surface area (Å²) >= 11 is 0. The zero-order valence-corrected chi connectivity index (χ0v) is 20.2. The smallest absolute Gasteiger partial charge is 0.235 e. The summed E-state index contributed by atoms with van der Waals surface area (Å²) in [7, 11) is 0. The highest BCUT2D eigenvalue weighted by atomic mass is 16.5. The van der Waals surface area contributed by atoms with Crippen LogP contribution >= 0.6 is 0 Å². The maximum Gasteiger partial charge on any atom is 0.235 e. The average molecular weight is 470 g/mol. The number of Topliss-reactive ketones (excluding diaryl/α,β-unsaturated/α-hetero) is 1. The molecule has 0 saturated heterocycles. The van der Waals surface area contributed by atoms with Crippen molar-refractivity contribution in [1.29, 1.82) is 0 Å². The van der Waals surface area contributed by atoms with E-state index in [1.807, 2.05) is 24.3 Å². The molecule has 6 heteroatoms. The van der Waals surface area contributed by atoms with Crippen LogP contribution in [0.5, 0.6) is 5.75 Å². The van der Waals surface area contributed by atoms with Gasteiger partial charge in [-0.15, -0.1) is 0 Å². The van der Waals surface area contributed by atoms with Crippen LogP contribution in [0.3, 0.4) is 0 Å². The molecule has 0 fully saturated rings.